The Kier molecular flexibility index (Phi) is 6.57. The number of phenolic OH excluding ortho intramolecular Hbond substituents is 2. The Hall–Kier alpha value is -4.00. The van der Waals surface area contributed by atoms with Crippen LogP contribution in [0.25, 0.3) is 21.8 Å². The van der Waals surface area contributed by atoms with E-state index in [4.69, 9.17) is 9.68 Å². The van der Waals surface area contributed by atoms with E-state index < -0.39 is 0 Å². The number of aromatic hydroxyl groups is 2. The lowest BCUT2D eigenvalue weighted by Gasteiger charge is -2.27. The van der Waals surface area contributed by atoms with Gasteiger partial charge in [-0.2, -0.15) is 0 Å². The molecule has 1 aromatic heterocycles. The van der Waals surface area contributed by atoms with Gasteiger partial charge in [0.25, 0.3) is 0 Å². The molecule has 0 amide bonds. The minimum absolute atomic E-state index is 0.169. The molecule has 5 rings (SSSR count). The summed E-state index contributed by atoms with van der Waals surface area (Å²) >= 11 is 0. The van der Waals surface area contributed by atoms with Crippen LogP contribution in [0, 0.1) is 0 Å². The van der Waals surface area contributed by atoms with Crippen molar-refractivity contribution in [3.8, 4) is 11.5 Å². The molecule has 0 spiro atoms. The summed E-state index contributed by atoms with van der Waals surface area (Å²) in [6, 6.07) is 19.3. The third-order valence-corrected chi connectivity index (χ3v) is 6.55. The Morgan fingerprint density at radius 1 is 0.800 bits per heavy atom. The Balaban J connectivity index is 1.27. The number of aryl methyl sites for hydroxylation is 1. The standard InChI is InChI=1S/C28H29N3O4/c1-2-31-23-8-4-3-7-21(23)22-15-19(11-13-24(22)31)17-29-34-27-9-5-6-10-28(27)35-30-18-20-12-14-25(32)26(33)16-20/h3-4,7-8,11-18,27-28,32-33H,2,5-6,9-10H2,1H3/b29-17+,30-18+/t27-,28-/m1/s1. The lowest BCUT2D eigenvalue weighted by Crippen LogP contribution is -2.32. The molecule has 1 heterocycles. The number of fused-ring (bicyclic) bond motifs is 3. The average Bonchev–Trinajstić information content (AvgIpc) is 3.20. The third-order valence-electron chi connectivity index (χ3n) is 6.55. The molecule has 4 aromatic rings. The van der Waals surface area contributed by atoms with Crippen molar-refractivity contribution in [3.05, 3.63) is 71.8 Å². The van der Waals surface area contributed by atoms with Gasteiger partial charge in [0.1, 0.15) is 0 Å². The van der Waals surface area contributed by atoms with E-state index in [9.17, 15) is 10.2 Å². The van der Waals surface area contributed by atoms with Crippen molar-refractivity contribution < 1.29 is 19.9 Å². The zero-order chi connectivity index (χ0) is 24.2. The van der Waals surface area contributed by atoms with Crippen LogP contribution in [0.1, 0.15) is 43.7 Å². The van der Waals surface area contributed by atoms with E-state index in [1.54, 1.807) is 12.3 Å². The lowest BCUT2D eigenvalue weighted by molar-refractivity contribution is -0.0898. The Morgan fingerprint density at radius 3 is 2.11 bits per heavy atom. The second-order valence-electron chi connectivity index (χ2n) is 8.83. The minimum Gasteiger partial charge on any atom is -0.504 e. The van der Waals surface area contributed by atoms with E-state index in [-0.39, 0.29) is 23.7 Å². The van der Waals surface area contributed by atoms with E-state index in [1.807, 2.05) is 0 Å². The molecule has 0 bridgehead atoms. The van der Waals surface area contributed by atoms with Crippen molar-refractivity contribution >= 4 is 34.2 Å². The van der Waals surface area contributed by atoms with Crippen LogP contribution in [-0.4, -0.2) is 39.4 Å². The van der Waals surface area contributed by atoms with E-state index in [0.29, 0.717) is 5.56 Å². The van der Waals surface area contributed by atoms with Crippen LogP contribution in [0.5, 0.6) is 11.5 Å². The topological polar surface area (TPSA) is 88.6 Å². The van der Waals surface area contributed by atoms with Crippen LogP contribution in [0.4, 0.5) is 0 Å². The highest BCUT2D eigenvalue weighted by Crippen LogP contribution is 2.30. The van der Waals surface area contributed by atoms with Gasteiger partial charge in [0.05, 0.1) is 12.4 Å². The van der Waals surface area contributed by atoms with Crippen molar-refractivity contribution in [2.24, 2.45) is 10.3 Å². The quantitative estimate of drug-likeness (QED) is 0.198. The largest absolute Gasteiger partial charge is 0.504 e. The van der Waals surface area contributed by atoms with Gasteiger partial charge in [-0.05, 0) is 80.1 Å². The maximum Gasteiger partial charge on any atom is 0.166 e. The first kappa shape index (κ1) is 22.8. The molecule has 2 N–H and O–H groups in total. The van der Waals surface area contributed by atoms with Gasteiger partial charge in [0, 0.05) is 28.4 Å². The first-order chi connectivity index (χ1) is 17.1. The summed E-state index contributed by atoms with van der Waals surface area (Å²) in [6.07, 6.45) is 6.66. The summed E-state index contributed by atoms with van der Waals surface area (Å²) in [6.45, 7) is 3.08. The highest BCUT2D eigenvalue weighted by molar-refractivity contribution is 6.09. The van der Waals surface area contributed by atoms with Crippen molar-refractivity contribution in [1.29, 1.82) is 0 Å². The molecule has 0 aliphatic heterocycles. The van der Waals surface area contributed by atoms with E-state index in [1.165, 1.54) is 40.2 Å². The fraction of sp³-hybridized carbons (Fsp3) is 0.286. The molecule has 7 nitrogen and oxygen atoms in total. The molecule has 1 fully saturated rings. The van der Waals surface area contributed by atoms with Gasteiger partial charge >= 0.3 is 0 Å². The molecule has 1 aliphatic rings. The fourth-order valence-electron chi connectivity index (χ4n) is 4.76. The fourth-order valence-corrected chi connectivity index (χ4v) is 4.76. The zero-order valence-corrected chi connectivity index (χ0v) is 19.7. The summed E-state index contributed by atoms with van der Waals surface area (Å²) in [5.74, 6) is -0.364. The van der Waals surface area contributed by atoms with E-state index in [0.717, 1.165) is 37.8 Å². The summed E-state index contributed by atoms with van der Waals surface area (Å²) in [7, 11) is 0. The van der Waals surface area contributed by atoms with Crippen LogP contribution in [0.3, 0.4) is 0 Å². The number of oxime groups is 2. The van der Waals surface area contributed by atoms with Gasteiger partial charge in [-0.1, -0.05) is 34.6 Å². The van der Waals surface area contributed by atoms with Crippen molar-refractivity contribution in [1.82, 2.24) is 4.57 Å². The number of phenols is 2. The van der Waals surface area contributed by atoms with Crippen LogP contribution in [0.2, 0.25) is 0 Å². The van der Waals surface area contributed by atoms with E-state index >= 15 is 0 Å². The molecular weight excluding hydrogens is 442 g/mol. The van der Waals surface area contributed by atoms with Crippen LogP contribution in [-0.2, 0) is 16.2 Å². The van der Waals surface area contributed by atoms with Crippen molar-refractivity contribution in [2.45, 2.75) is 51.4 Å². The predicted octanol–water partition coefficient (Wildman–Crippen LogP) is 5.94. The van der Waals surface area contributed by atoms with Gasteiger partial charge in [0.15, 0.2) is 23.7 Å². The smallest absolute Gasteiger partial charge is 0.166 e. The number of rotatable bonds is 7. The normalized spacial score (nSPS) is 18.7. The molecule has 1 aliphatic carbocycles. The van der Waals surface area contributed by atoms with E-state index in [2.05, 4.69) is 64.3 Å². The third kappa shape index (κ3) is 4.80. The number of hydrogen-bond acceptors (Lipinski definition) is 6. The monoisotopic (exact) mass is 471 g/mol. The second kappa shape index (κ2) is 10.1. The minimum atomic E-state index is -0.201. The Labute approximate surface area is 203 Å². The van der Waals surface area contributed by atoms with Crippen LogP contribution >= 0.6 is 0 Å². The van der Waals surface area contributed by atoms with Crippen LogP contribution < -0.4 is 0 Å². The average molecular weight is 472 g/mol. The van der Waals surface area contributed by atoms with Gasteiger partial charge in [-0.3, -0.25) is 0 Å². The second-order valence-corrected chi connectivity index (χ2v) is 8.83. The summed E-state index contributed by atoms with van der Waals surface area (Å²) < 4.78 is 2.33. The SMILES string of the molecule is CCn1c2ccccc2c2cc(/C=N/O[C@@H]3CCCC[C@H]3O/N=C/c3ccc(O)c(O)c3)ccc21. The van der Waals surface area contributed by atoms with Gasteiger partial charge in [-0.15, -0.1) is 0 Å². The molecule has 0 saturated heterocycles. The van der Waals surface area contributed by atoms with Gasteiger partial charge in [0.2, 0.25) is 0 Å². The number of nitrogens with zero attached hydrogens (tertiary/aromatic N) is 3. The first-order valence-corrected chi connectivity index (χ1v) is 12.1. The van der Waals surface area contributed by atoms with Gasteiger partial charge in [-0.25, -0.2) is 0 Å². The first-order valence-electron chi connectivity index (χ1n) is 12.1. The zero-order valence-electron chi connectivity index (χ0n) is 19.7. The number of benzene rings is 3. The maximum absolute atomic E-state index is 9.62. The highest BCUT2D eigenvalue weighted by atomic mass is 16.7. The molecule has 35 heavy (non-hydrogen) atoms. The summed E-state index contributed by atoms with van der Waals surface area (Å²) in [5.41, 5.74) is 4.06. The van der Waals surface area contributed by atoms with Crippen molar-refractivity contribution in [3.63, 3.8) is 0 Å². The molecule has 0 radical (unpaired) electrons. The molecule has 2 atom stereocenters. The predicted molar refractivity (Wildman–Crippen MR) is 138 cm³/mol. The molecule has 3 aromatic carbocycles. The molecule has 1 saturated carbocycles. The van der Waals surface area contributed by atoms with Crippen molar-refractivity contribution in [2.75, 3.05) is 0 Å². The maximum atomic E-state index is 9.62. The highest BCUT2D eigenvalue weighted by Gasteiger charge is 2.29. The summed E-state index contributed by atoms with van der Waals surface area (Å²) in [4.78, 5) is 11.6. The molecular formula is C28H29N3O4. The van der Waals surface area contributed by atoms with Gasteiger partial charge < -0.3 is 24.5 Å². The number of para-hydroxylation sites is 1. The molecule has 180 valence electrons. The number of hydrogen-bond donors (Lipinski definition) is 2. The number of aromatic nitrogens is 1. The summed E-state index contributed by atoms with van der Waals surface area (Å²) in [5, 5.41) is 29.9. The Bertz CT molecular complexity index is 1390. The Morgan fingerprint density at radius 2 is 1.43 bits per heavy atom. The van der Waals surface area contributed by atoms with Crippen LogP contribution in [0.15, 0.2) is 71.0 Å². The molecule has 7 heteroatoms. The lowest BCUT2D eigenvalue weighted by atomic mass is 9.95. The molecule has 0 unspecified atom stereocenters.